The number of para-hydroxylation sites is 1. The summed E-state index contributed by atoms with van der Waals surface area (Å²) in [4.78, 5) is 49.9. The molecule has 3 rings (SSSR count). The van der Waals surface area contributed by atoms with Gasteiger partial charge >= 0.3 is 11.9 Å². The van der Waals surface area contributed by atoms with Crippen LogP contribution in [0.1, 0.15) is 30.1 Å². The molecule has 1 atom stereocenters. The van der Waals surface area contributed by atoms with Crippen LogP contribution >= 0.6 is 0 Å². The summed E-state index contributed by atoms with van der Waals surface area (Å²) >= 11 is 0. The number of carbonyl (C=O) groups excluding carboxylic acids is 4. The van der Waals surface area contributed by atoms with E-state index in [0.717, 1.165) is 12.1 Å². The number of benzene rings is 2. The van der Waals surface area contributed by atoms with Gasteiger partial charge in [-0.05, 0) is 42.8 Å². The van der Waals surface area contributed by atoms with Gasteiger partial charge in [0.25, 0.3) is 5.91 Å². The molecule has 0 aromatic heterocycles. The van der Waals surface area contributed by atoms with E-state index in [2.05, 4.69) is 5.32 Å². The molecule has 162 valence electrons. The van der Waals surface area contributed by atoms with Gasteiger partial charge in [0.15, 0.2) is 6.61 Å². The van der Waals surface area contributed by atoms with Crippen LogP contribution in [0.3, 0.4) is 0 Å². The molecule has 0 bridgehead atoms. The Bertz CT molecular complexity index is 942. The van der Waals surface area contributed by atoms with Crippen LogP contribution in [0.15, 0.2) is 54.6 Å². The Morgan fingerprint density at radius 2 is 1.74 bits per heavy atom. The maximum Gasteiger partial charge on any atom is 0.338 e. The van der Waals surface area contributed by atoms with E-state index in [-0.39, 0.29) is 18.9 Å². The zero-order valence-electron chi connectivity index (χ0n) is 17.2. The molecule has 0 radical (unpaired) electrons. The van der Waals surface area contributed by atoms with E-state index in [1.807, 2.05) is 25.1 Å². The maximum atomic E-state index is 12.3. The number of rotatable bonds is 8. The standard InChI is InChI=1S/C23H24N2O6/c1-2-12-30-22(28)16-8-10-18(11-9-16)24-20(26)15-31-23(29)17-13-21(27)25(14-17)19-6-4-3-5-7-19/h3-11,17H,2,12-15H2,1H3,(H,24,26). The highest BCUT2D eigenvalue weighted by atomic mass is 16.5. The lowest BCUT2D eigenvalue weighted by molar-refractivity contribution is -0.151. The molecule has 2 aromatic carbocycles. The molecule has 0 saturated carbocycles. The predicted octanol–water partition coefficient (Wildman–Crippen LogP) is 2.79. The summed E-state index contributed by atoms with van der Waals surface area (Å²) in [7, 11) is 0. The van der Waals surface area contributed by atoms with Gasteiger partial charge in [0.2, 0.25) is 5.91 Å². The summed E-state index contributed by atoms with van der Waals surface area (Å²) in [6.45, 7) is 2.01. The molecule has 1 aliphatic heterocycles. The van der Waals surface area contributed by atoms with Crippen LogP contribution in [0.2, 0.25) is 0 Å². The van der Waals surface area contributed by atoms with Gasteiger partial charge in [-0.15, -0.1) is 0 Å². The Morgan fingerprint density at radius 3 is 2.42 bits per heavy atom. The van der Waals surface area contributed by atoms with E-state index in [0.29, 0.717) is 17.9 Å². The highest BCUT2D eigenvalue weighted by molar-refractivity contribution is 6.00. The Morgan fingerprint density at radius 1 is 1.03 bits per heavy atom. The first-order valence-corrected chi connectivity index (χ1v) is 10.1. The van der Waals surface area contributed by atoms with E-state index < -0.39 is 30.4 Å². The summed E-state index contributed by atoms with van der Waals surface area (Å²) in [6.07, 6.45) is 0.781. The molecular formula is C23H24N2O6. The van der Waals surface area contributed by atoms with Gasteiger partial charge in [-0.2, -0.15) is 0 Å². The van der Waals surface area contributed by atoms with Crippen molar-refractivity contribution in [2.75, 3.05) is 30.0 Å². The first-order chi connectivity index (χ1) is 15.0. The van der Waals surface area contributed by atoms with Crippen molar-refractivity contribution in [3.05, 3.63) is 60.2 Å². The number of anilines is 2. The molecule has 1 saturated heterocycles. The summed E-state index contributed by atoms with van der Waals surface area (Å²) < 4.78 is 10.1. The number of amides is 2. The topological polar surface area (TPSA) is 102 Å². The third kappa shape index (κ3) is 5.91. The van der Waals surface area contributed by atoms with Crippen LogP contribution in [-0.2, 0) is 23.9 Å². The minimum atomic E-state index is -0.617. The van der Waals surface area contributed by atoms with Crippen molar-refractivity contribution in [2.45, 2.75) is 19.8 Å². The SMILES string of the molecule is CCCOC(=O)c1ccc(NC(=O)COC(=O)C2CC(=O)N(c3ccccc3)C2)cc1. The molecule has 8 nitrogen and oxygen atoms in total. The van der Waals surface area contributed by atoms with Crippen LogP contribution in [0.4, 0.5) is 11.4 Å². The number of nitrogens with one attached hydrogen (secondary N) is 1. The average Bonchev–Trinajstić information content (AvgIpc) is 3.18. The Labute approximate surface area is 180 Å². The Hall–Kier alpha value is -3.68. The zero-order valence-corrected chi connectivity index (χ0v) is 17.2. The van der Waals surface area contributed by atoms with Crippen LogP contribution in [-0.4, -0.2) is 43.5 Å². The molecular weight excluding hydrogens is 400 g/mol. The number of hydrogen-bond acceptors (Lipinski definition) is 6. The van der Waals surface area contributed by atoms with Crippen molar-refractivity contribution in [1.82, 2.24) is 0 Å². The summed E-state index contributed by atoms with van der Waals surface area (Å²) in [5, 5.41) is 2.59. The lowest BCUT2D eigenvalue weighted by atomic mass is 10.1. The van der Waals surface area contributed by atoms with Gasteiger partial charge in [0.1, 0.15) is 0 Å². The van der Waals surface area contributed by atoms with Gasteiger partial charge in [0.05, 0.1) is 18.1 Å². The molecule has 0 aliphatic carbocycles. The Kier molecular flexibility index (Phi) is 7.37. The first-order valence-electron chi connectivity index (χ1n) is 10.1. The smallest absolute Gasteiger partial charge is 0.338 e. The molecule has 2 aromatic rings. The number of ether oxygens (including phenoxy) is 2. The van der Waals surface area contributed by atoms with E-state index in [4.69, 9.17) is 9.47 Å². The summed E-state index contributed by atoms with van der Waals surface area (Å²) in [5.41, 5.74) is 1.56. The highest BCUT2D eigenvalue weighted by Gasteiger charge is 2.36. The van der Waals surface area contributed by atoms with Crippen molar-refractivity contribution < 1.29 is 28.7 Å². The van der Waals surface area contributed by atoms with Crippen LogP contribution in [0.25, 0.3) is 0 Å². The van der Waals surface area contributed by atoms with Crippen molar-refractivity contribution in [3.8, 4) is 0 Å². The molecule has 1 aliphatic rings. The van der Waals surface area contributed by atoms with Gasteiger partial charge in [-0.25, -0.2) is 4.79 Å². The van der Waals surface area contributed by atoms with Crippen molar-refractivity contribution in [3.63, 3.8) is 0 Å². The number of esters is 2. The van der Waals surface area contributed by atoms with Gasteiger partial charge < -0.3 is 19.7 Å². The largest absolute Gasteiger partial charge is 0.462 e. The number of hydrogen-bond donors (Lipinski definition) is 1. The fourth-order valence-electron chi connectivity index (χ4n) is 3.14. The summed E-state index contributed by atoms with van der Waals surface area (Å²) in [5.74, 6) is -2.30. The molecule has 31 heavy (non-hydrogen) atoms. The molecule has 1 N–H and O–H groups in total. The second kappa shape index (κ2) is 10.4. The van der Waals surface area contributed by atoms with Gasteiger partial charge in [0, 0.05) is 24.3 Å². The van der Waals surface area contributed by atoms with E-state index in [9.17, 15) is 19.2 Å². The van der Waals surface area contributed by atoms with E-state index >= 15 is 0 Å². The lowest BCUT2D eigenvalue weighted by Crippen LogP contribution is -2.28. The average molecular weight is 424 g/mol. The minimum Gasteiger partial charge on any atom is -0.462 e. The minimum absolute atomic E-state index is 0.0466. The molecule has 1 fully saturated rings. The first kappa shape index (κ1) is 22.0. The van der Waals surface area contributed by atoms with E-state index in [1.165, 1.54) is 0 Å². The second-order valence-corrected chi connectivity index (χ2v) is 7.11. The fraction of sp³-hybridized carbons (Fsp3) is 0.304. The molecule has 2 amide bonds. The third-order valence-electron chi connectivity index (χ3n) is 4.71. The van der Waals surface area contributed by atoms with Gasteiger partial charge in [-0.3, -0.25) is 14.4 Å². The summed E-state index contributed by atoms with van der Waals surface area (Å²) in [6, 6.07) is 15.3. The third-order valence-corrected chi connectivity index (χ3v) is 4.71. The molecule has 1 unspecified atom stereocenters. The van der Waals surface area contributed by atoms with Crippen LogP contribution in [0, 0.1) is 5.92 Å². The maximum absolute atomic E-state index is 12.3. The normalized spacial score (nSPS) is 15.5. The number of nitrogens with zero attached hydrogens (tertiary/aromatic N) is 1. The van der Waals surface area contributed by atoms with Crippen molar-refractivity contribution in [1.29, 1.82) is 0 Å². The second-order valence-electron chi connectivity index (χ2n) is 7.11. The van der Waals surface area contributed by atoms with E-state index in [1.54, 1.807) is 41.3 Å². The van der Waals surface area contributed by atoms with Gasteiger partial charge in [-0.1, -0.05) is 25.1 Å². The highest BCUT2D eigenvalue weighted by Crippen LogP contribution is 2.25. The molecule has 1 heterocycles. The predicted molar refractivity (Wildman–Crippen MR) is 114 cm³/mol. The van der Waals surface area contributed by atoms with Crippen molar-refractivity contribution in [2.24, 2.45) is 5.92 Å². The molecule has 0 spiro atoms. The quantitative estimate of drug-likeness (QED) is 0.654. The fourth-order valence-corrected chi connectivity index (χ4v) is 3.14. The number of carbonyl (C=O) groups is 4. The molecule has 8 heteroatoms. The monoisotopic (exact) mass is 424 g/mol. The zero-order chi connectivity index (χ0) is 22.2. The van der Waals surface area contributed by atoms with Crippen LogP contribution in [0.5, 0.6) is 0 Å². The van der Waals surface area contributed by atoms with Crippen LogP contribution < -0.4 is 10.2 Å². The lowest BCUT2D eigenvalue weighted by Gasteiger charge is -2.16. The Balaban J connectivity index is 1.46. The van der Waals surface area contributed by atoms with Crippen molar-refractivity contribution >= 4 is 35.1 Å².